The summed E-state index contributed by atoms with van der Waals surface area (Å²) in [6, 6.07) is 3.81. The van der Waals surface area contributed by atoms with Crippen LogP contribution >= 0.6 is 0 Å². The van der Waals surface area contributed by atoms with Crippen LogP contribution in [0.5, 0.6) is 0 Å². The Labute approximate surface area is 129 Å². The molecule has 1 aromatic heterocycles. The first kappa shape index (κ1) is 15.8. The molecule has 3 rings (SSSR count). The van der Waals surface area contributed by atoms with Crippen LogP contribution in [-0.4, -0.2) is 40.5 Å². The van der Waals surface area contributed by atoms with Crippen LogP contribution in [0.3, 0.4) is 0 Å². The van der Waals surface area contributed by atoms with Gasteiger partial charge in [-0.05, 0) is 24.6 Å². The number of carbonyl (C=O) groups is 1. The Bertz CT molecular complexity index is 902. The lowest BCUT2D eigenvalue weighted by atomic mass is 10.2. The van der Waals surface area contributed by atoms with Crippen molar-refractivity contribution in [1.29, 1.82) is 0 Å². The van der Waals surface area contributed by atoms with Gasteiger partial charge in [0.25, 0.3) is 5.91 Å². The second-order valence-electron chi connectivity index (χ2n) is 5.24. The van der Waals surface area contributed by atoms with E-state index in [0.29, 0.717) is 6.42 Å². The van der Waals surface area contributed by atoms with E-state index in [1.165, 1.54) is 25.2 Å². The highest BCUT2D eigenvalue weighted by Gasteiger charge is 2.37. The molecule has 0 atom stereocenters. The average molecular weight is 347 g/mol. The van der Waals surface area contributed by atoms with Crippen LogP contribution in [0.15, 0.2) is 18.2 Å². The van der Waals surface area contributed by atoms with Gasteiger partial charge in [0.15, 0.2) is 0 Å². The molecule has 0 unspecified atom stereocenters. The zero-order valence-corrected chi connectivity index (χ0v) is 12.8. The number of alkyl halides is 3. The number of hydrogen-bond acceptors (Lipinski definition) is 4. The van der Waals surface area contributed by atoms with Crippen molar-refractivity contribution in [2.75, 3.05) is 12.3 Å². The number of nitrogens with zero attached hydrogens (tertiary/aromatic N) is 3. The molecule has 1 aliphatic rings. The number of benzene rings is 1. The molecule has 2 heterocycles. The minimum absolute atomic E-state index is 0.00482. The molecule has 1 amide bonds. The summed E-state index contributed by atoms with van der Waals surface area (Å²) < 4.78 is 63.7. The first-order valence-electron chi connectivity index (χ1n) is 6.70. The largest absolute Gasteiger partial charge is 0.449 e. The lowest BCUT2D eigenvalue weighted by Crippen LogP contribution is -2.32. The van der Waals surface area contributed by atoms with Gasteiger partial charge in [0.05, 0.1) is 16.8 Å². The molecule has 1 fully saturated rings. The van der Waals surface area contributed by atoms with Crippen molar-refractivity contribution in [1.82, 2.24) is 13.9 Å². The molecule has 23 heavy (non-hydrogen) atoms. The van der Waals surface area contributed by atoms with Gasteiger partial charge in [-0.25, -0.2) is 17.7 Å². The fourth-order valence-electron chi connectivity index (χ4n) is 2.60. The Balaban J connectivity index is 2.06. The van der Waals surface area contributed by atoms with Crippen LogP contribution in [0, 0.1) is 0 Å². The number of aromatic nitrogens is 2. The molecule has 0 spiro atoms. The van der Waals surface area contributed by atoms with Gasteiger partial charge in [0.1, 0.15) is 0 Å². The number of rotatable bonds is 1. The maximum atomic E-state index is 12.9. The number of amides is 1. The van der Waals surface area contributed by atoms with Crippen LogP contribution < -0.4 is 0 Å². The minimum Gasteiger partial charge on any atom is -0.323 e. The molecule has 0 aliphatic carbocycles. The molecule has 6 nitrogen and oxygen atoms in total. The Kier molecular flexibility index (Phi) is 3.40. The van der Waals surface area contributed by atoms with Crippen molar-refractivity contribution in [3.8, 4) is 0 Å². The summed E-state index contributed by atoms with van der Waals surface area (Å²) in [4.78, 5) is 15.8. The zero-order valence-electron chi connectivity index (χ0n) is 12.0. The van der Waals surface area contributed by atoms with Crippen LogP contribution in [0.1, 0.15) is 22.6 Å². The van der Waals surface area contributed by atoms with Crippen molar-refractivity contribution < 1.29 is 26.4 Å². The number of hydrogen-bond donors (Lipinski definition) is 0. The first-order valence-corrected chi connectivity index (χ1v) is 8.30. The second kappa shape index (κ2) is 4.95. The zero-order chi connectivity index (χ0) is 17.0. The summed E-state index contributed by atoms with van der Waals surface area (Å²) in [6.45, 7) is 0.0786. The number of halogens is 3. The van der Waals surface area contributed by atoms with Crippen molar-refractivity contribution >= 4 is 27.0 Å². The Morgan fingerprint density at radius 3 is 2.57 bits per heavy atom. The lowest BCUT2D eigenvalue weighted by Gasteiger charge is -2.14. The van der Waals surface area contributed by atoms with E-state index in [9.17, 15) is 26.4 Å². The summed E-state index contributed by atoms with van der Waals surface area (Å²) in [7, 11) is -2.41. The standard InChI is InChI=1S/C13H12F3N3O3S/c1-18-10-4-3-8(7-9(10)17-12(18)13(14,15)16)11(20)19-5-2-6-23(19,21)22/h3-4,7H,2,5-6H2,1H3. The molecule has 1 aromatic carbocycles. The SMILES string of the molecule is Cn1c(C(F)(F)F)nc2cc(C(=O)N3CCCS3(=O)=O)ccc21. The van der Waals surface area contributed by atoms with Crippen molar-refractivity contribution in [2.24, 2.45) is 7.05 Å². The number of aryl methyl sites for hydroxylation is 1. The predicted molar refractivity (Wildman–Crippen MR) is 75.2 cm³/mol. The van der Waals surface area contributed by atoms with Gasteiger partial charge in [-0.1, -0.05) is 0 Å². The number of fused-ring (bicyclic) bond motifs is 1. The van der Waals surface area contributed by atoms with E-state index in [0.717, 1.165) is 8.87 Å². The Morgan fingerprint density at radius 2 is 2.00 bits per heavy atom. The predicted octanol–water partition coefficient (Wildman–Crippen LogP) is 1.77. The number of sulfonamides is 1. The highest BCUT2D eigenvalue weighted by molar-refractivity contribution is 7.89. The summed E-state index contributed by atoms with van der Waals surface area (Å²) >= 11 is 0. The fourth-order valence-corrected chi connectivity index (χ4v) is 4.08. The molecule has 0 saturated carbocycles. The number of imidazole rings is 1. The second-order valence-corrected chi connectivity index (χ2v) is 7.26. The van der Waals surface area contributed by atoms with E-state index < -0.39 is 27.9 Å². The molecule has 0 bridgehead atoms. The van der Waals surface area contributed by atoms with Gasteiger partial charge in [-0.2, -0.15) is 13.2 Å². The highest BCUT2D eigenvalue weighted by Crippen LogP contribution is 2.31. The topological polar surface area (TPSA) is 72.3 Å². The lowest BCUT2D eigenvalue weighted by molar-refractivity contribution is -0.146. The Hall–Kier alpha value is -2.10. The van der Waals surface area contributed by atoms with Crippen molar-refractivity contribution in [2.45, 2.75) is 12.6 Å². The normalized spacial score (nSPS) is 17.8. The maximum Gasteiger partial charge on any atom is 0.449 e. The molecule has 0 radical (unpaired) electrons. The summed E-state index contributed by atoms with van der Waals surface area (Å²) in [5.74, 6) is -1.93. The van der Waals surface area contributed by atoms with E-state index in [1.54, 1.807) is 0 Å². The van der Waals surface area contributed by atoms with Crippen molar-refractivity contribution in [3.63, 3.8) is 0 Å². The van der Waals surface area contributed by atoms with Gasteiger partial charge < -0.3 is 4.57 Å². The molecule has 124 valence electrons. The van der Waals surface area contributed by atoms with Gasteiger partial charge in [0, 0.05) is 19.2 Å². The smallest absolute Gasteiger partial charge is 0.323 e. The summed E-state index contributed by atoms with van der Waals surface area (Å²) in [5, 5.41) is 0. The molecular formula is C13H12F3N3O3S. The Morgan fingerprint density at radius 1 is 1.30 bits per heavy atom. The molecule has 1 aliphatic heterocycles. The van der Waals surface area contributed by atoms with E-state index in [2.05, 4.69) is 4.98 Å². The maximum absolute atomic E-state index is 12.9. The van der Waals surface area contributed by atoms with Crippen LogP contribution in [0.2, 0.25) is 0 Å². The average Bonchev–Trinajstić information content (AvgIpc) is 2.97. The van der Waals surface area contributed by atoms with Crippen LogP contribution in [0.4, 0.5) is 13.2 Å². The quantitative estimate of drug-likeness (QED) is 0.788. The van der Waals surface area contributed by atoms with Crippen LogP contribution in [0.25, 0.3) is 11.0 Å². The third kappa shape index (κ3) is 2.56. The van der Waals surface area contributed by atoms with E-state index in [-0.39, 0.29) is 28.9 Å². The fraction of sp³-hybridized carbons (Fsp3) is 0.385. The molecular weight excluding hydrogens is 335 g/mol. The molecule has 2 aromatic rings. The molecule has 1 saturated heterocycles. The van der Waals surface area contributed by atoms with Gasteiger partial charge in [-0.15, -0.1) is 0 Å². The monoisotopic (exact) mass is 347 g/mol. The van der Waals surface area contributed by atoms with E-state index in [1.807, 2.05) is 0 Å². The summed E-state index contributed by atoms with van der Waals surface area (Å²) in [5.41, 5.74) is 0.190. The number of carbonyl (C=O) groups excluding carboxylic acids is 1. The van der Waals surface area contributed by atoms with E-state index >= 15 is 0 Å². The molecule has 10 heteroatoms. The van der Waals surface area contributed by atoms with Gasteiger partial charge in [-0.3, -0.25) is 4.79 Å². The third-order valence-corrected chi connectivity index (χ3v) is 5.53. The van der Waals surface area contributed by atoms with Crippen molar-refractivity contribution in [3.05, 3.63) is 29.6 Å². The minimum atomic E-state index is -4.61. The van der Waals surface area contributed by atoms with Gasteiger partial charge >= 0.3 is 6.18 Å². The van der Waals surface area contributed by atoms with Crippen LogP contribution in [-0.2, 0) is 23.2 Å². The summed E-state index contributed by atoms with van der Waals surface area (Å²) in [6.07, 6.45) is -4.27. The molecule has 0 N–H and O–H groups in total. The third-order valence-electron chi connectivity index (χ3n) is 3.71. The van der Waals surface area contributed by atoms with E-state index in [4.69, 9.17) is 0 Å². The first-order chi connectivity index (χ1) is 10.6. The highest BCUT2D eigenvalue weighted by atomic mass is 32.2. The van der Waals surface area contributed by atoms with Gasteiger partial charge in [0.2, 0.25) is 15.8 Å².